The van der Waals surface area contributed by atoms with E-state index >= 15 is 0 Å². The van der Waals surface area contributed by atoms with E-state index in [2.05, 4.69) is 18.7 Å². The molecule has 0 bridgehead atoms. The van der Waals surface area contributed by atoms with Gasteiger partial charge in [0, 0.05) is 12.6 Å². The molecule has 0 spiro atoms. The largest absolute Gasteiger partial charge is 0.300 e. The Labute approximate surface area is 81.3 Å². The van der Waals surface area contributed by atoms with Crippen molar-refractivity contribution in [3.8, 4) is 0 Å². The number of nitrogens with zero attached hydrogens (tertiary/aromatic N) is 1. The molecule has 1 atom stereocenters. The standard InChI is InChI=1S/C11H22FN/c1-10(2)9-11-5-3-7-13(11)8-4-6-12/h10-11H,3-9H2,1-2H3. The van der Waals surface area contributed by atoms with Crippen molar-refractivity contribution in [2.45, 2.75) is 45.6 Å². The Morgan fingerprint density at radius 2 is 2.23 bits per heavy atom. The third-order valence-corrected chi connectivity index (χ3v) is 2.82. The summed E-state index contributed by atoms with van der Waals surface area (Å²) in [7, 11) is 0. The second kappa shape index (κ2) is 5.58. The molecule has 2 heteroatoms. The van der Waals surface area contributed by atoms with Crippen LogP contribution < -0.4 is 0 Å². The predicted octanol–water partition coefficient (Wildman–Crippen LogP) is 2.86. The molecule has 1 fully saturated rings. The molecule has 0 radical (unpaired) electrons. The highest BCUT2D eigenvalue weighted by atomic mass is 19.1. The molecule has 0 amide bonds. The highest BCUT2D eigenvalue weighted by molar-refractivity contribution is 4.79. The van der Waals surface area contributed by atoms with E-state index in [1.807, 2.05) is 0 Å². The van der Waals surface area contributed by atoms with Gasteiger partial charge in [-0.05, 0) is 38.1 Å². The van der Waals surface area contributed by atoms with Crippen molar-refractivity contribution in [1.82, 2.24) is 4.90 Å². The number of likely N-dealkylation sites (tertiary alicyclic amines) is 1. The number of hydrogen-bond donors (Lipinski definition) is 0. The molecule has 0 saturated carbocycles. The molecule has 1 aliphatic heterocycles. The van der Waals surface area contributed by atoms with Crippen LogP contribution in [0.3, 0.4) is 0 Å². The summed E-state index contributed by atoms with van der Waals surface area (Å²) in [6.45, 7) is 6.54. The summed E-state index contributed by atoms with van der Waals surface area (Å²) in [5.41, 5.74) is 0. The van der Waals surface area contributed by atoms with Crippen molar-refractivity contribution in [2.24, 2.45) is 5.92 Å². The van der Waals surface area contributed by atoms with Crippen LogP contribution in [0.2, 0.25) is 0 Å². The van der Waals surface area contributed by atoms with Crippen molar-refractivity contribution in [2.75, 3.05) is 19.8 Å². The van der Waals surface area contributed by atoms with Crippen LogP contribution >= 0.6 is 0 Å². The van der Waals surface area contributed by atoms with E-state index in [1.165, 1.54) is 25.8 Å². The molecule has 1 saturated heterocycles. The zero-order chi connectivity index (χ0) is 9.68. The van der Waals surface area contributed by atoms with Gasteiger partial charge >= 0.3 is 0 Å². The van der Waals surface area contributed by atoms with Gasteiger partial charge in [-0.1, -0.05) is 13.8 Å². The second-order valence-electron chi connectivity index (χ2n) is 4.50. The first kappa shape index (κ1) is 11.0. The summed E-state index contributed by atoms with van der Waals surface area (Å²) in [6.07, 6.45) is 4.63. The van der Waals surface area contributed by atoms with E-state index in [-0.39, 0.29) is 6.67 Å². The van der Waals surface area contributed by atoms with Crippen molar-refractivity contribution < 1.29 is 4.39 Å². The fourth-order valence-electron chi connectivity index (χ4n) is 2.26. The summed E-state index contributed by atoms with van der Waals surface area (Å²) >= 11 is 0. The van der Waals surface area contributed by atoms with Crippen LogP contribution in [0.4, 0.5) is 4.39 Å². The lowest BCUT2D eigenvalue weighted by molar-refractivity contribution is 0.216. The van der Waals surface area contributed by atoms with Gasteiger partial charge in [-0.25, -0.2) is 0 Å². The topological polar surface area (TPSA) is 3.24 Å². The molecular weight excluding hydrogens is 165 g/mol. The van der Waals surface area contributed by atoms with Gasteiger partial charge in [0.1, 0.15) is 0 Å². The molecule has 0 aliphatic carbocycles. The summed E-state index contributed by atoms with van der Waals surface area (Å²) < 4.78 is 12.0. The molecule has 1 aliphatic rings. The Bertz CT molecular complexity index is 136. The van der Waals surface area contributed by atoms with E-state index in [4.69, 9.17) is 0 Å². The average molecular weight is 187 g/mol. The second-order valence-corrected chi connectivity index (χ2v) is 4.50. The Kier molecular flexibility index (Phi) is 4.71. The van der Waals surface area contributed by atoms with Gasteiger partial charge in [0.2, 0.25) is 0 Å². The van der Waals surface area contributed by atoms with Crippen LogP contribution in [0, 0.1) is 5.92 Å². The minimum absolute atomic E-state index is 0.162. The van der Waals surface area contributed by atoms with Crippen LogP contribution in [0.15, 0.2) is 0 Å². The van der Waals surface area contributed by atoms with Gasteiger partial charge in [0.15, 0.2) is 0 Å². The van der Waals surface area contributed by atoms with E-state index < -0.39 is 0 Å². The Morgan fingerprint density at radius 1 is 1.46 bits per heavy atom. The van der Waals surface area contributed by atoms with Gasteiger partial charge in [-0.15, -0.1) is 0 Å². The molecule has 0 aromatic rings. The monoisotopic (exact) mass is 187 g/mol. The molecular formula is C11H22FN. The zero-order valence-electron chi connectivity index (χ0n) is 8.93. The van der Waals surface area contributed by atoms with Crippen molar-refractivity contribution >= 4 is 0 Å². The SMILES string of the molecule is CC(C)CC1CCCN1CCCF. The fraction of sp³-hybridized carbons (Fsp3) is 1.00. The molecule has 13 heavy (non-hydrogen) atoms. The Morgan fingerprint density at radius 3 is 2.85 bits per heavy atom. The maximum Gasteiger partial charge on any atom is 0.0906 e. The van der Waals surface area contributed by atoms with Crippen LogP contribution in [0.25, 0.3) is 0 Å². The minimum Gasteiger partial charge on any atom is -0.300 e. The van der Waals surface area contributed by atoms with Gasteiger partial charge in [-0.3, -0.25) is 4.39 Å². The highest BCUT2D eigenvalue weighted by Crippen LogP contribution is 2.23. The van der Waals surface area contributed by atoms with E-state index in [0.29, 0.717) is 6.42 Å². The molecule has 0 aromatic carbocycles. The lowest BCUT2D eigenvalue weighted by Gasteiger charge is -2.25. The molecule has 0 aromatic heterocycles. The summed E-state index contributed by atoms with van der Waals surface area (Å²) in [5.74, 6) is 0.774. The normalized spacial score (nSPS) is 24.5. The molecule has 1 heterocycles. The van der Waals surface area contributed by atoms with Crippen LogP contribution in [-0.2, 0) is 0 Å². The van der Waals surface area contributed by atoms with Gasteiger partial charge < -0.3 is 4.90 Å². The summed E-state index contributed by atoms with van der Waals surface area (Å²) in [5, 5.41) is 0. The smallest absolute Gasteiger partial charge is 0.0906 e. The first-order valence-electron chi connectivity index (χ1n) is 5.54. The third-order valence-electron chi connectivity index (χ3n) is 2.82. The highest BCUT2D eigenvalue weighted by Gasteiger charge is 2.24. The van der Waals surface area contributed by atoms with Crippen LogP contribution in [0.5, 0.6) is 0 Å². The number of hydrogen-bond acceptors (Lipinski definition) is 1. The first-order valence-corrected chi connectivity index (χ1v) is 5.54. The fourth-order valence-corrected chi connectivity index (χ4v) is 2.26. The lowest BCUT2D eigenvalue weighted by atomic mass is 10.0. The molecule has 1 nitrogen and oxygen atoms in total. The van der Waals surface area contributed by atoms with Gasteiger partial charge in [0.25, 0.3) is 0 Å². The predicted molar refractivity (Wildman–Crippen MR) is 54.6 cm³/mol. The van der Waals surface area contributed by atoms with Crippen LogP contribution in [0.1, 0.15) is 39.5 Å². The maximum absolute atomic E-state index is 12.0. The molecule has 0 N–H and O–H groups in total. The molecule has 78 valence electrons. The van der Waals surface area contributed by atoms with Crippen molar-refractivity contribution in [3.05, 3.63) is 0 Å². The van der Waals surface area contributed by atoms with Crippen molar-refractivity contribution in [1.29, 1.82) is 0 Å². The number of rotatable bonds is 5. The zero-order valence-corrected chi connectivity index (χ0v) is 8.93. The quantitative estimate of drug-likeness (QED) is 0.639. The van der Waals surface area contributed by atoms with E-state index in [1.54, 1.807) is 0 Å². The van der Waals surface area contributed by atoms with E-state index in [9.17, 15) is 4.39 Å². The lowest BCUT2D eigenvalue weighted by Crippen LogP contribution is -2.31. The maximum atomic E-state index is 12.0. The van der Waals surface area contributed by atoms with Crippen molar-refractivity contribution in [3.63, 3.8) is 0 Å². The summed E-state index contributed by atoms with van der Waals surface area (Å²) in [4.78, 5) is 2.47. The number of halogens is 1. The van der Waals surface area contributed by atoms with Crippen LogP contribution in [-0.4, -0.2) is 30.7 Å². The minimum atomic E-state index is -0.162. The van der Waals surface area contributed by atoms with Gasteiger partial charge in [0.05, 0.1) is 6.67 Å². The third kappa shape index (κ3) is 3.63. The first-order chi connectivity index (χ1) is 6.24. The Balaban J connectivity index is 2.26. The average Bonchev–Trinajstić information content (AvgIpc) is 2.48. The summed E-state index contributed by atoms with van der Waals surface area (Å²) in [6, 6.07) is 0.742. The Hall–Kier alpha value is -0.110. The van der Waals surface area contributed by atoms with E-state index in [0.717, 1.165) is 18.5 Å². The molecule has 1 unspecified atom stereocenters. The number of alkyl halides is 1. The van der Waals surface area contributed by atoms with Gasteiger partial charge in [-0.2, -0.15) is 0 Å². The molecule has 1 rings (SSSR count).